The van der Waals surface area contributed by atoms with E-state index in [1.165, 1.54) is 17.8 Å². The highest BCUT2D eigenvalue weighted by Crippen LogP contribution is 2.36. The number of benzene rings is 3. The first-order valence-corrected chi connectivity index (χ1v) is 11.7. The van der Waals surface area contributed by atoms with Gasteiger partial charge in [0.15, 0.2) is 12.8 Å². The van der Waals surface area contributed by atoms with Gasteiger partial charge in [-0.2, -0.15) is 0 Å². The molecule has 0 aliphatic rings. The van der Waals surface area contributed by atoms with Crippen LogP contribution in [-0.4, -0.2) is 29.9 Å². The highest BCUT2D eigenvalue weighted by molar-refractivity contribution is 9.10. The van der Waals surface area contributed by atoms with E-state index in [9.17, 15) is 18.0 Å². The van der Waals surface area contributed by atoms with E-state index in [2.05, 4.69) is 15.9 Å². The molecule has 33 heavy (non-hydrogen) atoms. The predicted octanol–water partition coefficient (Wildman–Crippen LogP) is 7.41. The Labute approximate surface area is 202 Å². The van der Waals surface area contributed by atoms with Crippen molar-refractivity contribution in [2.45, 2.75) is 17.5 Å². The number of carboxylic acid groups (broad SMARTS) is 1. The van der Waals surface area contributed by atoms with Crippen molar-refractivity contribution in [3.63, 3.8) is 0 Å². The lowest BCUT2D eigenvalue weighted by Crippen LogP contribution is -2.09. The molecule has 0 saturated heterocycles. The Kier molecular flexibility index (Phi) is 9.03. The number of rotatable bonds is 10. The Morgan fingerprint density at radius 3 is 2.39 bits per heavy atom. The van der Waals surface area contributed by atoms with Crippen molar-refractivity contribution in [2.24, 2.45) is 0 Å². The van der Waals surface area contributed by atoms with Crippen LogP contribution in [0.25, 0.3) is 5.57 Å². The minimum absolute atomic E-state index is 0.0475. The highest BCUT2D eigenvalue weighted by atomic mass is 79.9. The van der Waals surface area contributed by atoms with Gasteiger partial charge in [0.1, 0.15) is 5.75 Å². The van der Waals surface area contributed by atoms with Crippen LogP contribution in [0.3, 0.4) is 0 Å². The zero-order chi connectivity index (χ0) is 23.8. The lowest BCUT2D eigenvalue weighted by molar-refractivity contribution is -0.139. The second kappa shape index (κ2) is 12.0. The zero-order valence-corrected chi connectivity index (χ0v) is 19.7. The zero-order valence-electron chi connectivity index (χ0n) is 17.3. The van der Waals surface area contributed by atoms with Crippen molar-refractivity contribution >= 4 is 39.2 Å². The molecule has 0 heterocycles. The van der Waals surface area contributed by atoms with Gasteiger partial charge in [-0.3, -0.25) is 0 Å². The van der Waals surface area contributed by atoms with E-state index in [0.29, 0.717) is 22.6 Å². The lowest BCUT2D eigenvalue weighted by Gasteiger charge is -2.16. The molecule has 3 aromatic rings. The number of ether oxygens (including phenoxy) is 1. The van der Waals surface area contributed by atoms with Crippen molar-refractivity contribution in [1.82, 2.24) is 0 Å². The van der Waals surface area contributed by atoms with Gasteiger partial charge in [-0.15, -0.1) is 11.8 Å². The molecule has 0 amide bonds. The average Bonchev–Trinajstić information content (AvgIpc) is 2.81. The molecular weight excluding hydrogens is 517 g/mol. The van der Waals surface area contributed by atoms with Gasteiger partial charge in [0, 0.05) is 15.1 Å². The summed E-state index contributed by atoms with van der Waals surface area (Å²) in [5, 5.41) is 8.73. The van der Waals surface area contributed by atoms with E-state index in [-0.39, 0.29) is 5.56 Å². The summed E-state index contributed by atoms with van der Waals surface area (Å²) < 4.78 is 46.6. The fraction of sp³-hybridized carbons (Fsp3) is 0.160. The number of carbonyl (C=O) groups is 1. The summed E-state index contributed by atoms with van der Waals surface area (Å²) in [5.74, 6) is -0.159. The Hall–Kier alpha value is -2.71. The monoisotopic (exact) mass is 536 g/mol. The number of aliphatic carboxylic acids is 1. The molecule has 3 nitrogen and oxygen atoms in total. The molecular formula is C25H20BrF3O3S. The van der Waals surface area contributed by atoms with Gasteiger partial charge in [-0.25, -0.2) is 18.0 Å². The third-order valence-corrected chi connectivity index (χ3v) is 6.56. The summed E-state index contributed by atoms with van der Waals surface area (Å²) in [5.41, 5.74) is 1.84. The van der Waals surface area contributed by atoms with E-state index < -0.39 is 25.2 Å². The van der Waals surface area contributed by atoms with Gasteiger partial charge in [0.05, 0.1) is 0 Å². The minimum atomic E-state index is -3.12. The van der Waals surface area contributed by atoms with E-state index in [1.807, 2.05) is 36.4 Å². The normalized spacial score (nSPS) is 12.6. The second-order valence-electron chi connectivity index (χ2n) is 6.89. The van der Waals surface area contributed by atoms with Crippen molar-refractivity contribution in [3.8, 4) is 5.75 Å². The molecule has 0 spiro atoms. The van der Waals surface area contributed by atoms with Crippen LogP contribution in [-0.2, 0) is 4.79 Å². The molecule has 3 aromatic carbocycles. The summed E-state index contributed by atoms with van der Waals surface area (Å²) in [6, 6.07) is 20.7. The molecule has 0 fully saturated rings. The predicted molar refractivity (Wildman–Crippen MR) is 128 cm³/mol. The minimum Gasteiger partial charge on any atom is -0.482 e. The fourth-order valence-electron chi connectivity index (χ4n) is 3.17. The molecule has 0 aliphatic heterocycles. The fourth-order valence-corrected chi connectivity index (χ4v) is 4.66. The van der Waals surface area contributed by atoms with Crippen LogP contribution in [0.4, 0.5) is 13.2 Å². The number of thioether (sulfide) groups is 1. The second-order valence-corrected chi connectivity index (χ2v) is 8.81. The molecule has 8 heteroatoms. The number of halogens is 4. The third kappa shape index (κ3) is 6.88. The van der Waals surface area contributed by atoms with Gasteiger partial charge in [0.2, 0.25) is 0 Å². The van der Waals surface area contributed by atoms with E-state index >= 15 is 0 Å². The van der Waals surface area contributed by atoms with Gasteiger partial charge < -0.3 is 9.84 Å². The summed E-state index contributed by atoms with van der Waals surface area (Å²) in [6.45, 7) is -0.435. The van der Waals surface area contributed by atoms with Crippen LogP contribution in [0.2, 0.25) is 0 Å². The Bertz CT molecular complexity index is 1120. The van der Waals surface area contributed by atoms with Gasteiger partial charge in [-0.1, -0.05) is 60.7 Å². The molecule has 1 atom stereocenters. The maximum absolute atomic E-state index is 14.3. The van der Waals surface area contributed by atoms with Crippen LogP contribution < -0.4 is 4.74 Å². The van der Waals surface area contributed by atoms with Crippen molar-refractivity contribution in [2.75, 3.05) is 12.4 Å². The molecule has 0 radical (unpaired) electrons. The quantitative estimate of drug-likeness (QED) is 0.274. The summed E-state index contributed by atoms with van der Waals surface area (Å²) in [4.78, 5) is 11.5. The molecule has 0 bridgehead atoms. The molecule has 172 valence electrons. The Morgan fingerprint density at radius 1 is 1.03 bits per heavy atom. The SMILES string of the molecule is O=C(O)COc1ccc(SCC=C(c2ccccc2)c2ccccc2C(F)C(F)F)c(Br)c1. The van der Waals surface area contributed by atoms with Crippen LogP contribution in [0.1, 0.15) is 22.9 Å². The maximum atomic E-state index is 14.3. The first kappa shape index (κ1) is 24.9. The lowest BCUT2D eigenvalue weighted by atomic mass is 9.92. The number of hydrogen-bond donors (Lipinski definition) is 1. The molecule has 0 aromatic heterocycles. The number of carboxylic acids is 1. The van der Waals surface area contributed by atoms with Crippen LogP contribution in [0.15, 0.2) is 88.2 Å². The number of hydrogen-bond acceptors (Lipinski definition) is 3. The summed E-state index contributed by atoms with van der Waals surface area (Å²) in [6.07, 6.45) is -3.61. The van der Waals surface area contributed by atoms with Crippen LogP contribution in [0, 0.1) is 0 Å². The van der Waals surface area contributed by atoms with Crippen molar-refractivity contribution < 1.29 is 27.8 Å². The summed E-state index contributed by atoms with van der Waals surface area (Å²) in [7, 11) is 0. The van der Waals surface area contributed by atoms with Gasteiger partial charge >= 0.3 is 5.97 Å². The van der Waals surface area contributed by atoms with Crippen molar-refractivity contribution in [3.05, 3.63) is 100 Å². The average molecular weight is 537 g/mol. The first-order valence-electron chi connectivity index (χ1n) is 9.91. The standard InChI is InChI=1S/C25H20BrF3O3S/c26-21-14-17(32-15-23(30)31)10-11-22(21)33-13-12-18(16-6-2-1-3-7-16)19-8-4-5-9-20(19)24(27)25(28)29/h1-12,14,24-25H,13,15H2,(H,30,31). The first-order chi connectivity index (χ1) is 15.9. The van der Waals surface area contributed by atoms with Crippen LogP contribution in [0.5, 0.6) is 5.75 Å². The molecule has 1 unspecified atom stereocenters. The smallest absolute Gasteiger partial charge is 0.341 e. The maximum Gasteiger partial charge on any atom is 0.341 e. The van der Waals surface area contributed by atoms with Gasteiger partial charge in [-0.05, 0) is 56.4 Å². The molecule has 3 rings (SSSR count). The van der Waals surface area contributed by atoms with E-state index in [4.69, 9.17) is 9.84 Å². The van der Waals surface area contributed by atoms with E-state index in [0.717, 1.165) is 14.9 Å². The largest absolute Gasteiger partial charge is 0.482 e. The molecule has 1 N–H and O–H groups in total. The number of alkyl halides is 3. The Morgan fingerprint density at radius 2 is 1.73 bits per heavy atom. The molecule has 0 aliphatic carbocycles. The van der Waals surface area contributed by atoms with Crippen LogP contribution >= 0.6 is 27.7 Å². The Balaban J connectivity index is 1.87. The third-order valence-electron chi connectivity index (χ3n) is 4.65. The van der Waals surface area contributed by atoms with Gasteiger partial charge in [0.25, 0.3) is 6.43 Å². The van der Waals surface area contributed by atoms with E-state index in [1.54, 1.807) is 36.4 Å². The highest BCUT2D eigenvalue weighted by Gasteiger charge is 2.25. The molecule has 0 saturated carbocycles. The topological polar surface area (TPSA) is 46.5 Å². The van der Waals surface area contributed by atoms with Crippen molar-refractivity contribution in [1.29, 1.82) is 0 Å². The summed E-state index contributed by atoms with van der Waals surface area (Å²) >= 11 is 4.94.